The van der Waals surface area contributed by atoms with Crippen LogP contribution in [0.15, 0.2) is 24.3 Å². The van der Waals surface area contributed by atoms with Gasteiger partial charge in [-0.05, 0) is 17.5 Å². The van der Waals surface area contributed by atoms with E-state index >= 15 is 0 Å². The zero-order chi connectivity index (χ0) is 13.2. The zero-order valence-corrected chi connectivity index (χ0v) is 13.8. The van der Waals surface area contributed by atoms with Gasteiger partial charge >= 0.3 is 0 Å². The molecule has 0 spiro atoms. The third kappa shape index (κ3) is 3.26. The van der Waals surface area contributed by atoms with Crippen molar-refractivity contribution in [3.63, 3.8) is 0 Å². The second kappa shape index (κ2) is 7.33. The molecule has 1 aromatic carbocycles. The molecule has 1 fully saturated rings. The van der Waals surface area contributed by atoms with Gasteiger partial charge < -0.3 is 0 Å². The molecule has 3 rings (SSSR count). The normalized spacial score (nSPS) is 27.1. The summed E-state index contributed by atoms with van der Waals surface area (Å²) < 4.78 is 0. The molecule has 112 valence electrons. The molecule has 2 nitrogen and oxygen atoms in total. The van der Waals surface area contributed by atoms with Crippen molar-refractivity contribution in [2.24, 2.45) is 0 Å². The molecule has 0 radical (unpaired) electrons. The Kier molecular flexibility index (Phi) is 6.00. The molecule has 0 saturated carbocycles. The summed E-state index contributed by atoms with van der Waals surface area (Å²) in [6.07, 6.45) is 1.00. The minimum Gasteiger partial charge on any atom is -0.300 e. The summed E-state index contributed by atoms with van der Waals surface area (Å²) in [6, 6.07) is 9.10. The lowest BCUT2D eigenvalue weighted by Crippen LogP contribution is -2.49. The summed E-state index contributed by atoms with van der Waals surface area (Å²) in [5, 5.41) is 0.219. The van der Waals surface area contributed by atoms with E-state index in [0.29, 0.717) is 6.04 Å². The fourth-order valence-electron chi connectivity index (χ4n) is 3.34. The van der Waals surface area contributed by atoms with E-state index < -0.39 is 0 Å². The SMILES string of the molecule is Cl.ClCCN1CCN(C2c3ccccc3CC2Cl)CC1. The van der Waals surface area contributed by atoms with Crippen LogP contribution in [0.3, 0.4) is 0 Å². The van der Waals surface area contributed by atoms with E-state index in [0.717, 1.165) is 45.0 Å². The summed E-state index contributed by atoms with van der Waals surface area (Å²) >= 11 is 12.4. The Balaban J connectivity index is 0.00000147. The van der Waals surface area contributed by atoms with Gasteiger partial charge in [0.25, 0.3) is 0 Å². The van der Waals surface area contributed by atoms with Gasteiger partial charge in [0.15, 0.2) is 0 Å². The lowest BCUT2D eigenvalue weighted by molar-refractivity contribution is 0.101. The van der Waals surface area contributed by atoms with E-state index in [1.54, 1.807) is 0 Å². The molecule has 2 atom stereocenters. The first kappa shape index (κ1) is 16.4. The van der Waals surface area contributed by atoms with Crippen LogP contribution in [0.4, 0.5) is 0 Å². The molecule has 1 heterocycles. The largest absolute Gasteiger partial charge is 0.300 e. The van der Waals surface area contributed by atoms with Crippen molar-refractivity contribution < 1.29 is 0 Å². The second-order valence-electron chi connectivity index (χ2n) is 5.43. The van der Waals surface area contributed by atoms with Crippen LogP contribution in [0.25, 0.3) is 0 Å². The van der Waals surface area contributed by atoms with E-state index in [4.69, 9.17) is 23.2 Å². The van der Waals surface area contributed by atoms with Gasteiger partial charge in [-0.15, -0.1) is 35.6 Å². The minimum atomic E-state index is 0. The average molecular weight is 336 g/mol. The van der Waals surface area contributed by atoms with Crippen LogP contribution in [-0.2, 0) is 6.42 Å². The maximum absolute atomic E-state index is 6.60. The summed E-state index contributed by atoms with van der Waals surface area (Å²) in [5.41, 5.74) is 2.86. The maximum atomic E-state index is 6.60. The highest BCUT2D eigenvalue weighted by Crippen LogP contribution is 2.39. The van der Waals surface area contributed by atoms with E-state index in [-0.39, 0.29) is 17.8 Å². The Morgan fingerprint density at radius 2 is 1.80 bits per heavy atom. The van der Waals surface area contributed by atoms with Crippen LogP contribution in [0, 0.1) is 0 Å². The third-order valence-corrected chi connectivity index (χ3v) is 4.89. The fraction of sp³-hybridized carbons (Fsp3) is 0.600. The molecule has 0 N–H and O–H groups in total. The van der Waals surface area contributed by atoms with Crippen molar-refractivity contribution in [1.82, 2.24) is 9.80 Å². The molecule has 20 heavy (non-hydrogen) atoms. The van der Waals surface area contributed by atoms with Gasteiger partial charge in [0, 0.05) is 38.6 Å². The third-order valence-electron chi connectivity index (χ3n) is 4.33. The molecule has 1 aliphatic heterocycles. The van der Waals surface area contributed by atoms with Crippen molar-refractivity contribution in [1.29, 1.82) is 0 Å². The molecule has 1 saturated heterocycles. The van der Waals surface area contributed by atoms with Gasteiger partial charge in [-0.25, -0.2) is 0 Å². The molecule has 0 aromatic heterocycles. The maximum Gasteiger partial charge on any atom is 0.0573 e. The summed E-state index contributed by atoms with van der Waals surface area (Å²) in [4.78, 5) is 4.99. The van der Waals surface area contributed by atoms with Gasteiger partial charge in [0.1, 0.15) is 0 Å². The van der Waals surface area contributed by atoms with Gasteiger partial charge in [-0.3, -0.25) is 9.80 Å². The van der Waals surface area contributed by atoms with Crippen molar-refractivity contribution in [2.75, 3.05) is 38.6 Å². The molecule has 1 aliphatic carbocycles. The Morgan fingerprint density at radius 1 is 1.10 bits per heavy atom. The van der Waals surface area contributed by atoms with Crippen LogP contribution < -0.4 is 0 Å². The summed E-state index contributed by atoms with van der Waals surface area (Å²) in [5.74, 6) is 0.727. The number of piperazine rings is 1. The highest BCUT2D eigenvalue weighted by atomic mass is 35.5. The lowest BCUT2D eigenvalue weighted by Gasteiger charge is -2.39. The summed E-state index contributed by atoms with van der Waals surface area (Å²) in [6.45, 7) is 5.41. The minimum absolute atomic E-state index is 0. The van der Waals surface area contributed by atoms with Crippen molar-refractivity contribution in [2.45, 2.75) is 17.8 Å². The van der Waals surface area contributed by atoms with Crippen molar-refractivity contribution >= 4 is 35.6 Å². The fourth-order valence-corrected chi connectivity index (χ4v) is 4.04. The number of benzene rings is 1. The number of nitrogens with zero attached hydrogens (tertiary/aromatic N) is 2. The highest BCUT2D eigenvalue weighted by Gasteiger charge is 2.36. The number of hydrogen-bond acceptors (Lipinski definition) is 2. The van der Waals surface area contributed by atoms with E-state index in [1.165, 1.54) is 11.1 Å². The van der Waals surface area contributed by atoms with Gasteiger partial charge in [0.05, 0.1) is 11.4 Å². The van der Waals surface area contributed by atoms with Crippen molar-refractivity contribution in [3.05, 3.63) is 35.4 Å². The van der Waals surface area contributed by atoms with Crippen molar-refractivity contribution in [3.8, 4) is 0 Å². The number of rotatable bonds is 3. The van der Waals surface area contributed by atoms with Crippen LogP contribution in [-0.4, -0.2) is 53.8 Å². The van der Waals surface area contributed by atoms with E-state index in [9.17, 15) is 0 Å². The molecule has 1 aromatic rings. The first-order chi connectivity index (χ1) is 9.29. The molecule has 2 unspecified atom stereocenters. The topological polar surface area (TPSA) is 6.48 Å². The number of alkyl halides is 2. The second-order valence-corrected chi connectivity index (χ2v) is 6.37. The van der Waals surface area contributed by atoms with Crippen LogP contribution in [0.5, 0.6) is 0 Å². The molecular weight excluding hydrogens is 315 g/mol. The lowest BCUT2D eigenvalue weighted by atomic mass is 10.1. The van der Waals surface area contributed by atoms with Gasteiger partial charge in [-0.2, -0.15) is 0 Å². The van der Waals surface area contributed by atoms with E-state index in [1.807, 2.05) is 0 Å². The Hall–Kier alpha value is 0.01000. The van der Waals surface area contributed by atoms with Crippen LogP contribution in [0.2, 0.25) is 0 Å². The Labute approximate surface area is 137 Å². The molecule has 5 heteroatoms. The number of fused-ring (bicyclic) bond motifs is 1. The first-order valence-electron chi connectivity index (χ1n) is 7.04. The average Bonchev–Trinajstić information content (AvgIpc) is 2.76. The smallest absolute Gasteiger partial charge is 0.0573 e. The number of hydrogen-bond donors (Lipinski definition) is 0. The van der Waals surface area contributed by atoms with Crippen LogP contribution in [0.1, 0.15) is 17.2 Å². The summed E-state index contributed by atoms with van der Waals surface area (Å²) in [7, 11) is 0. The highest BCUT2D eigenvalue weighted by molar-refractivity contribution is 6.21. The number of halogens is 3. The molecule has 0 bridgehead atoms. The zero-order valence-electron chi connectivity index (χ0n) is 11.5. The Morgan fingerprint density at radius 3 is 2.50 bits per heavy atom. The Bertz CT molecular complexity index is 433. The molecular formula is C15H21Cl3N2. The predicted octanol–water partition coefficient (Wildman–Crippen LogP) is 3.17. The first-order valence-corrected chi connectivity index (χ1v) is 8.01. The van der Waals surface area contributed by atoms with E-state index in [2.05, 4.69) is 34.1 Å². The van der Waals surface area contributed by atoms with Gasteiger partial charge in [-0.1, -0.05) is 24.3 Å². The standard InChI is InChI=1S/C15H20Cl2N2.ClH/c16-5-6-18-7-9-19(10-8-18)15-13-4-2-1-3-12(13)11-14(15)17;/h1-4,14-15H,5-11H2;1H. The quantitative estimate of drug-likeness (QED) is 0.783. The van der Waals surface area contributed by atoms with Crippen LogP contribution >= 0.6 is 35.6 Å². The molecule has 2 aliphatic rings. The monoisotopic (exact) mass is 334 g/mol. The molecule has 0 amide bonds. The predicted molar refractivity (Wildman–Crippen MR) is 88.5 cm³/mol. The van der Waals surface area contributed by atoms with Gasteiger partial charge in [0.2, 0.25) is 0 Å².